The maximum atomic E-state index is 11.8. The number of hydrogen-bond donors (Lipinski definition) is 2. The fourth-order valence-electron chi connectivity index (χ4n) is 1.70. The number of nitrogens with zero attached hydrogens (tertiary/aromatic N) is 2. The predicted molar refractivity (Wildman–Crippen MR) is 74.0 cm³/mol. The lowest BCUT2D eigenvalue weighted by molar-refractivity contribution is -0.120. The molecule has 0 aliphatic heterocycles. The molecule has 7 heteroatoms. The molecule has 1 amide bonds. The van der Waals surface area contributed by atoms with E-state index in [1.807, 2.05) is 17.5 Å². The lowest BCUT2D eigenvalue weighted by Gasteiger charge is -2.01. The van der Waals surface area contributed by atoms with E-state index in [0.717, 1.165) is 22.2 Å². The van der Waals surface area contributed by atoms with Gasteiger partial charge < -0.3 is 14.7 Å². The van der Waals surface area contributed by atoms with Gasteiger partial charge in [0.15, 0.2) is 10.8 Å². The number of rotatable bonds is 5. The van der Waals surface area contributed by atoms with Gasteiger partial charge in [0.2, 0.25) is 5.91 Å². The van der Waals surface area contributed by atoms with Gasteiger partial charge in [-0.05, 0) is 12.1 Å². The first-order valence-corrected chi connectivity index (χ1v) is 6.91. The summed E-state index contributed by atoms with van der Waals surface area (Å²) in [5.74, 6) is 0.648. The van der Waals surface area contributed by atoms with Crippen molar-refractivity contribution >= 4 is 17.2 Å². The summed E-state index contributed by atoms with van der Waals surface area (Å²) in [4.78, 5) is 23.0. The summed E-state index contributed by atoms with van der Waals surface area (Å²) in [5.41, 5.74) is 1.61. The van der Waals surface area contributed by atoms with E-state index >= 15 is 0 Å². The van der Waals surface area contributed by atoms with Crippen molar-refractivity contribution in [3.63, 3.8) is 0 Å². The lowest BCUT2D eigenvalue weighted by Crippen LogP contribution is -2.24. The minimum atomic E-state index is -0.0732. The van der Waals surface area contributed by atoms with Crippen molar-refractivity contribution in [1.82, 2.24) is 20.3 Å². The number of amides is 1. The number of nitrogens with one attached hydrogen (secondary N) is 2. The normalized spacial score (nSPS) is 10.6. The van der Waals surface area contributed by atoms with Gasteiger partial charge in [-0.2, -0.15) is 0 Å². The van der Waals surface area contributed by atoms with E-state index in [1.165, 1.54) is 11.3 Å². The van der Waals surface area contributed by atoms with Crippen LogP contribution in [-0.2, 0) is 17.8 Å². The number of carbonyl (C=O) groups excluding carboxylic acids is 1. The Morgan fingerprint density at radius 2 is 2.45 bits per heavy atom. The smallest absolute Gasteiger partial charge is 0.226 e. The van der Waals surface area contributed by atoms with Crippen LogP contribution in [0.1, 0.15) is 11.4 Å². The third-order valence-corrected chi connectivity index (χ3v) is 3.56. The molecule has 0 fully saturated rings. The summed E-state index contributed by atoms with van der Waals surface area (Å²) in [6.45, 7) is 0.439. The summed E-state index contributed by atoms with van der Waals surface area (Å²) in [6.07, 6.45) is 5.12. The standard InChI is InChI=1S/C13H12N4O2S/c18-12(15-6-10-5-14-8-16-10)4-9-7-20-13(17-9)11-2-1-3-19-11/h1-3,5,7-8H,4,6H2,(H,14,16)(H,15,18). The summed E-state index contributed by atoms with van der Waals surface area (Å²) in [7, 11) is 0. The van der Waals surface area contributed by atoms with Gasteiger partial charge in [-0.15, -0.1) is 11.3 Å². The number of carbonyl (C=O) groups is 1. The number of thiazole rings is 1. The third-order valence-electron chi connectivity index (χ3n) is 2.66. The number of H-pyrrole nitrogens is 1. The molecule has 102 valence electrons. The molecule has 0 spiro atoms. The van der Waals surface area contributed by atoms with Crippen LogP contribution in [0.3, 0.4) is 0 Å². The largest absolute Gasteiger partial charge is 0.462 e. The molecule has 0 bridgehead atoms. The molecule has 0 aliphatic rings. The lowest BCUT2D eigenvalue weighted by atomic mass is 10.3. The average molecular weight is 288 g/mol. The van der Waals surface area contributed by atoms with Crippen LogP contribution >= 0.6 is 11.3 Å². The Morgan fingerprint density at radius 1 is 1.50 bits per heavy atom. The Kier molecular flexibility index (Phi) is 3.60. The van der Waals surface area contributed by atoms with Crippen LogP contribution in [0.4, 0.5) is 0 Å². The molecule has 20 heavy (non-hydrogen) atoms. The highest BCUT2D eigenvalue weighted by Gasteiger charge is 2.10. The monoisotopic (exact) mass is 288 g/mol. The van der Waals surface area contributed by atoms with E-state index in [9.17, 15) is 4.79 Å². The molecule has 3 heterocycles. The van der Waals surface area contributed by atoms with E-state index in [2.05, 4.69) is 20.3 Å². The van der Waals surface area contributed by atoms with E-state index in [1.54, 1.807) is 18.8 Å². The first-order valence-electron chi connectivity index (χ1n) is 6.03. The average Bonchev–Trinajstić information content (AvgIpc) is 3.18. The highest BCUT2D eigenvalue weighted by Crippen LogP contribution is 2.23. The van der Waals surface area contributed by atoms with Crippen molar-refractivity contribution in [3.05, 3.63) is 47.7 Å². The fraction of sp³-hybridized carbons (Fsp3) is 0.154. The first kappa shape index (κ1) is 12.6. The van der Waals surface area contributed by atoms with Gasteiger partial charge >= 0.3 is 0 Å². The molecule has 3 aromatic rings. The van der Waals surface area contributed by atoms with Crippen LogP contribution in [0.15, 0.2) is 40.7 Å². The van der Waals surface area contributed by atoms with Crippen LogP contribution in [0.5, 0.6) is 0 Å². The van der Waals surface area contributed by atoms with E-state index in [4.69, 9.17) is 4.42 Å². The van der Waals surface area contributed by atoms with Gasteiger partial charge in [0.1, 0.15) is 0 Å². The molecule has 2 N–H and O–H groups in total. The van der Waals surface area contributed by atoms with Crippen molar-refractivity contribution in [2.45, 2.75) is 13.0 Å². The topological polar surface area (TPSA) is 83.8 Å². The Labute approximate surface area is 118 Å². The molecule has 0 atom stereocenters. The molecular formula is C13H12N4O2S. The Bertz CT molecular complexity index is 673. The van der Waals surface area contributed by atoms with Crippen molar-refractivity contribution in [2.24, 2.45) is 0 Å². The van der Waals surface area contributed by atoms with Crippen LogP contribution in [0.2, 0.25) is 0 Å². The van der Waals surface area contributed by atoms with Gasteiger partial charge in [0.05, 0.1) is 36.9 Å². The quantitative estimate of drug-likeness (QED) is 0.752. The summed E-state index contributed by atoms with van der Waals surface area (Å²) < 4.78 is 5.27. The molecule has 0 unspecified atom stereocenters. The van der Waals surface area contributed by atoms with Crippen molar-refractivity contribution < 1.29 is 9.21 Å². The summed E-state index contributed by atoms with van der Waals surface area (Å²) >= 11 is 1.46. The summed E-state index contributed by atoms with van der Waals surface area (Å²) in [5, 5.41) is 5.46. The number of hydrogen-bond acceptors (Lipinski definition) is 5. The van der Waals surface area contributed by atoms with Crippen molar-refractivity contribution in [2.75, 3.05) is 0 Å². The number of aromatic amines is 1. The highest BCUT2D eigenvalue weighted by atomic mass is 32.1. The van der Waals surface area contributed by atoms with E-state index in [-0.39, 0.29) is 12.3 Å². The molecule has 3 aromatic heterocycles. The van der Waals surface area contributed by atoms with Gasteiger partial charge in [0.25, 0.3) is 0 Å². The highest BCUT2D eigenvalue weighted by molar-refractivity contribution is 7.13. The Balaban J connectivity index is 1.56. The van der Waals surface area contributed by atoms with Crippen LogP contribution in [0, 0.1) is 0 Å². The maximum Gasteiger partial charge on any atom is 0.226 e. The molecule has 0 aromatic carbocycles. The zero-order valence-electron chi connectivity index (χ0n) is 10.5. The Hall–Kier alpha value is -2.41. The minimum absolute atomic E-state index is 0.0732. The number of furan rings is 1. The van der Waals surface area contributed by atoms with Crippen LogP contribution in [-0.4, -0.2) is 20.9 Å². The molecule has 3 rings (SSSR count). The molecular weight excluding hydrogens is 276 g/mol. The zero-order chi connectivity index (χ0) is 13.8. The third kappa shape index (κ3) is 2.94. The molecule has 0 saturated heterocycles. The fourth-order valence-corrected chi connectivity index (χ4v) is 2.49. The minimum Gasteiger partial charge on any atom is -0.462 e. The van der Waals surface area contributed by atoms with Gasteiger partial charge in [0, 0.05) is 11.6 Å². The molecule has 6 nitrogen and oxygen atoms in total. The Morgan fingerprint density at radius 3 is 3.20 bits per heavy atom. The second kappa shape index (κ2) is 5.70. The zero-order valence-corrected chi connectivity index (χ0v) is 11.3. The second-order valence-corrected chi connectivity index (χ2v) is 5.01. The molecule has 0 saturated carbocycles. The number of imidazole rings is 1. The number of aromatic nitrogens is 3. The SMILES string of the molecule is O=C(Cc1csc(-c2ccco2)n1)NCc1cnc[nH]1. The van der Waals surface area contributed by atoms with Gasteiger partial charge in [-0.25, -0.2) is 9.97 Å². The van der Waals surface area contributed by atoms with Crippen molar-refractivity contribution in [3.8, 4) is 10.8 Å². The van der Waals surface area contributed by atoms with Crippen molar-refractivity contribution in [1.29, 1.82) is 0 Å². The molecule has 0 aliphatic carbocycles. The van der Waals surface area contributed by atoms with E-state index < -0.39 is 0 Å². The maximum absolute atomic E-state index is 11.8. The van der Waals surface area contributed by atoms with Crippen LogP contribution in [0.25, 0.3) is 10.8 Å². The van der Waals surface area contributed by atoms with Gasteiger partial charge in [-0.3, -0.25) is 4.79 Å². The second-order valence-electron chi connectivity index (χ2n) is 4.15. The van der Waals surface area contributed by atoms with Crippen LogP contribution < -0.4 is 5.32 Å². The van der Waals surface area contributed by atoms with Gasteiger partial charge in [-0.1, -0.05) is 0 Å². The summed E-state index contributed by atoms with van der Waals surface area (Å²) in [6, 6.07) is 3.66. The van der Waals surface area contributed by atoms with E-state index in [0.29, 0.717) is 6.54 Å². The molecule has 0 radical (unpaired) electrons. The predicted octanol–water partition coefficient (Wildman–Crippen LogP) is 1.99. The first-order chi connectivity index (χ1) is 9.81.